The quantitative estimate of drug-likeness (QED) is 0.738. The minimum atomic E-state index is -0.293. The fourth-order valence-corrected chi connectivity index (χ4v) is 1.49. The van der Waals surface area contributed by atoms with Gasteiger partial charge < -0.3 is 4.74 Å². The Kier molecular flexibility index (Phi) is 5.10. The Hall–Kier alpha value is -1.42. The Balaban J connectivity index is 2.47. The SMILES string of the molecule is CC(C)OC(=O)CN(C)Cc1ccccc1F. The number of likely N-dealkylation sites (N-methyl/N-ethyl adjacent to an activating group) is 1. The molecule has 1 rings (SSSR count). The number of nitrogens with zero attached hydrogens (tertiary/aromatic N) is 1. The number of rotatable bonds is 5. The molecule has 1 aromatic carbocycles. The van der Waals surface area contributed by atoms with E-state index in [9.17, 15) is 9.18 Å². The van der Waals surface area contributed by atoms with Gasteiger partial charge in [0.2, 0.25) is 0 Å². The van der Waals surface area contributed by atoms with Gasteiger partial charge in [0.25, 0.3) is 0 Å². The van der Waals surface area contributed by atoms with E-state index in [0.717, 1.165) is 0 Å². The maximum Gasteiger partial charge on any atom is 0.320 e. The predicted molar refractivity (Wildman–Crippen MR) is 64.0 cm³/mol. The number of carbonyl (C=O) groups excluding carboxylic acids is 1. The van der Waals surface area contributed by atoms with Crippen molar-refractivity contribution in [3.8, 4) is 0 Å². The smallest absolute Gasteiger partial charge is 0.320 e. The molecule has 0 aliphatic heterocycles. The normalized spacial score (nSPS) is 10.9. The maximum atomic E-state index is 13.4. The zero-order valence-corrected chi connectivity index (χ0v) is 10.4. The molecule has 0 radical (unpaired) electrons. The molecule has 0 saturated carbocycles. The maximum absolute atomic E-state index is 13.4. The van der Waals surface area contributed by atoms with Gasteiger partial charge in [-0.2, -0.15) is 0 Å². The first kappa shape index (κ1) is 13.6. The Labute approximate surface area is 101 Å². The van der Waals surface area contributed by atoms with E-state index in [2.05, 4.69) is 0 Å². The summed E-state index contributed by atoms with van der Waals surface area (Å²) in [7, 11) is 1.76. The Morgan fingerprint density at radius 3 is 2.65 bits per heavy atom. The average molecular weight is 239 g/mol. The van der Waals surface area contributed by atoms with Crippen LogP contribution >= 0.6 is 0 Å². The molecule has 0 unspecified atom stereocenters. The zero-order chi connectivity index (χ0) is 12.8. The first-order chi connectivity index (χ1) is 7.99. The van der Waals surface area contributed by atoms with E-state index in [4.69, 9.17) is 4.74 Å². The third kappa shape index (κ3) is 4.95. The van der Waals surface area contributed by atoms with Crippen molar-refractivity contribution in [1.29, 1.82) is 0 Å². The van der Waals surface area contributed by atoms with Crippen molar-refractivity contribution in [2.75, 3.05) is 13.6 Å². The van der Waals surface area contributed by atoms with E-state index in [1.165, 1.54) is 6.07 Å². The number of carbonyl (C=O) groups is 1. The largest absolute Gasteiger partial charge is 0.462 e. The van der Waals surface area contributed by atoms with Crippen molar-refractivity contribution >= 4 is 5.97 Å². The molecule has 0 spiro atoms. The summed E-state index contributed by atoms with van der Waals surface area (Å²) in [6, 6.07) is 6.54. The molecular formula is C13H18FNO2. The third-order valence-electron chi connectivity index (χ3n) is 2.16. The van der Waals surface area contributed by atoms with Crippen LogP contribution < -0.4 is 0 Å². The topological polar surface area (TPSA) is 29.5 Å². The molecule has 1 aromatic rings. The molecule has 0 saturated heterocycles. The molecule has 0 aromatic heterocycles. The summed E-state index contributed by atoms with van der Waals surface area (Å²) < 4.78 is 18.4. The second kappa shape index (κ2) is 6.35. The van der Waals surface area contributed by atoms with Gasteiger partial charge in [-0.3, -0.25) is 9.69 Å². The van der Waals surface area contributed by atoms with Gasteiger partial charge in [-0.05, 0) is 27.0 Å². The molecule has 0 atom stereocenters. The first-order valence-electron chi connectivity index (χ1n) is 5.60. The third-order valence-corrected chi connectivity index (χ3v) is 2.16. The van der Waals surface area contributed by atoms with Crippen LogP contribution in [-0.4, -0.2) is 30.6 Å². The van der Waals surface area contributed by atoms with Gasteiger partial charge in [0.05, 0.1) is 12.6 Å². The summed E-state index contributed by atoms with van der Waals surface area (Å²) in [5.41, 5.74) is 0.576. The summed E-state index contributed by atoms with van der Waals surface area (Å²) >= 11 is 0. The fraction of sp³-hybridized carbons (Fsp3) is 0.462. The fourth-order valence-electron chi connectivity index (χ4n) is 1.49. The molecule has 0 fully saturated rings. The molecule has 17 heavy (non-hydrogen) atoms. The van der Waals surface area contributed by atoms with Gasteiger partial charge in [-0.15, -0.1) is 0 Å². The molecule has 94 valence electrons. The highest BCUT2D eigenvalue weighted by atomic mass is 19.1. The second-order valence-corrected chi connectivity index (χ2v) is 4.30. The number of benzene rings is 1. The molecule has 3 nitrogen and oxygen atoms in total. The second-order valence-electron chi connectivity index (χ2n) is 4.30. The minimum absolute atomic E-state index is 0.121. The van der Waals surface area contributed by atoms with Crippen LogP contribution in [0.5, 0.6) is 0 Å². The standard InChI is InChI=1S/C13H18FNO2/c1-10(2)17-13(16)9-15(3)8-11-6-4-5-7-12(11)14/h4-7,10H,8-9H2,1-3H3. The highest BCUT2D eigenvalue weighted by Crippen LogP contribution is 2.08. The van der Waals surface area contributed by atoms with Gasteiger partial charge in [0.15, 0.2) is 0 Å². The molecule has 0 aliphatic rings. The van der Waals surface area contributed by atoms with Crippen LogP contribution in [0, 0.1) is 5.82 Å². The molecule has 0 heterocycles. The summed E-state index contributed by atoms with van der Waals surface area (Å²) in [4.78, 5) is 13.1. The van der Waals surface area contributed by atoms with Crippen LogP contribution in [0.15, 0.2) is 24.3 Å². The van der Waals surface area contributed by atoms with Gasteiger partial charge in [0, 0.05) is 12.1 Å². The lowest BCUT2D eigenvalue weighted by molar-refractivity contribution is -0.148. The summed E-state index contributed by atoms with van der Waals surface area (Å²) in [5.74, 6) is -0.546. The lowest BCUT2D eigenvalue weighted by Crippen LogP contribution is -2.28. The van der Waals surface area contributed by atoms with Gasteiger partial charge >= 0.3 is 5.97 Å². The van der Waals surface area contributed by atoms with Crippen LogP contribution in [0.1, 0.15) is 19.4 Å². The number of hydrogen-bond acceptors (Lipinski definition) is 3. The molecule has 0 bridgehead atoms. The van der Waals surface area contributed by atoms with Crippen molar-refractivity contribution in [3.05, 3.63) is 35.6 Å². The highest BCUT2D eigenvalue weighted by Gasteiger charge is 2.11. The summed E-state index contributed by atoms with van der Waals surface area (Å²) in [6.45, 7) is 4.15. The van der Waals surface area contributed by atoms with Gasteiger partial charge in [-0.1, -0.05) is 18.2 Å². The highest BCUT2D eigenvalue weighted by molar-refractivity contribution is 5.71. The average Bonchev–Trinajstić information content (AvgIpc) is 2.19. The molecule has 0 amide bonds. The van der Waals surface area contributed by atoms with Crippen LogP contribution in [0.25, 0.3) is 0 Å². The Morgan fingerprint density at radius 1 is 1.41 bits per heavy atom. The first-order valence-corrected chi connectivity index (χ1v) is 5.60. The van der Waals surface area contributed by atoms with Crippen molar-refractivity contribution in [2.24, 2.45) is 0 Å². The molecule has 4 heteroatoms. The van der Waals surface area contributed by atoms with Crippen LogP contribution in [0.3, 0.4) is 0 Å². The van der Waals surface area contributed by atoms with E-state index < -0.39 is 0 Å². The lowest BCUT2D eigenvalue weighted by Gasteiger charge is -2.17. The summed E-state index contributed by atoms with van der Waals surface area (Å²) in [5, 5.41) is 0. The van der Waals surface area contributed by atoms with Crippen molar-refractivity contribution in [1.82, 2.24) is 4.90 Å². The number of ether oxygens (including phenoxy) is 1. The molecule has 0 aliphatic carbocycles. The van der Waals surface area contributed by atoms with Crippen LogP contribution in [0.4, 0.5) is 4.39 Å². The predicted octanol–water partition coefficient (Wildman–Crippen LogP) is 2.21. The zero-order valence-electron chi connectivity index (χ0n) is 10.4. The molecular weight excluding hydrogens is 221 g/mol. The van der Waals surface area contributed by atoms with E-state index in [0.29, 0.717) is 12.1 Å². The Bertz CT molecular complexity index is 379. The number of hydrogen-bond donors (Lipinski definition) is 0. The number of esters is 1. The summed E-state index contributed by atoms with van der Waals surface area (Å²) in [6.07, 6.45) is -0.121. The van der Waals surface area contributed by atoms with Gasteiger partial charge in [-0.25, -0.2) is 4.39 Å². The molecule has 0 N–H and O–H groups in total. The van der Waals surface area contributed by atoms with Crippen molar-refractivity contribution < 1.29 is 13.9 Å². The van der Waals surface area contributed by atoms with Gasteiger partial charge in [0.1, 0.15) is 5.82 Å². The van der Waals surface area contributed by atoms with Crippen molar-refractivity contribution in [3.63, 3.8) is 0 Å². The van der Waals surface area contributed by atoms with E-state index >= 15 is 0 Å². The lowest BCUT2D eigenvalue weighted by atomic mass is 10.2. The number of halogens is 1. The van der Waals surface area contributed by atoms with E-state index in [1.807, 2.05) is 0 Å². The van der Waals surface area contributed by atoms with E-state index in [1.54, 1.807) is 44.0 Å². The van der Waals surface area contributed by atoms with E-state index in [-0.39, 0.29) is 24.4 Å². The van der Waals surface area contributed by atoms with Crippen LogP contribution in [-0.2, 0) is 16.1 Å². The van der Waals surface area contributed by atoms with Crippen LogP contribution in [0.2, 0.25) is 0 Å². The Morgan fingerprint density at radius 2 is 2.06 bits per heavy atom. The minimum Gasteiger partial charge on any atom is -0.462 e. The monoisotopic (exact) mass is 239 g/mol. The van der Waals surface area contributed by atoms with Crippen molar-refractivity contribution in [2.45, 2.75) is 26.5 Å².